The lowest BCUT2D eigenvalue weighted by atomic mass is 10.2. The number of benzene rings is 3. The van der Waals surface area contributed by atoms with Crippen molar-refractivity contribution in [3.8, 4) is 11.5 Å². The van der Waals surface area contributed by atoms with Crippen molar-refractivity contribution in [3.63, 3.8) is 0 Å². The maximum Gasteiger partial charge on any atom is 0.271 e. The fourth-order valence-corrected chi connectivity index (χ4v) is 5.77. The Morgan fingerprint density at radius 2 is 1.42 bits per heavy atom. The molecule has 3 aromatic carbocycles. The van der Waals surface area contributed by atoms with Crippen LogP contribution in [0.4, 0.5) is 17.1 Å². The first-order valence-corrected chi connectivity index (χ1v) is 13.2. The molecule has 12 nitrogen and oxygen atoms in total. The average molecular weight is 538 g/mol. The van der Waals surface area contributed by atoms with Gasteiger partial charge in [-0.2, -0.15) is 0 Å². The normalized spacial score (nSPS) is 11.5. The molecule has 0 aliphatic carbocycles. The van der Waals surface area contributed by atoms with Gasteiger partial charge in [-0.1, -0.05) is 0 Å². The van der Waals surface area contributed by atoms with Crippen molar-refractivity contribution < 1.29 is 36.3 Å². The molecular weight excluding hydrogens is 514 g/mol. The van der Waals surface area contributed by atoms with Gasteiger partial charge in [-0.15, -0.1) is 0 Å². The first kappa shape index (κ1) is 26.7. The van der Waals surface area contributed by atoms with Gasteiger partial charge in [0.15, 0.2) is 0 Å². The van der Waals surface area contributed by atoms with Crippen LogP contribution in [0.5, 0.6) is 11.5 Å². The second-order valence-corrected chi connectivity index (χ2v) is 10.8. The molecule has 0 aliphatic heterocycles. The van der Waals surface area contributed by atoms with E-state index in [0.29, 0.717) is 11.5 Å². The number of non-ortho nitro benzene ring substituents is 1. The predicted octanol–water partition coefficient (Wildman–Crippen LogP) is 2.60. The second-order valence-electron chi connectivity index (χ2n) is 7.22. The van der Waals surface area contributed by atoms with E-state index in [1.165, 1.54) is 62.8 Å². The van der Waals surface area contributed by atoms with Gasteiger partial charge in [-0.3, -0.25) is 19.1 Å². The number of nitro benzene ring substituents is 1. The molecule has 0 aromatic heterocycles. The molecule has 0 heterocycles. The molecule has 3 rings (SSSR count). The third-order valence-corrected chi connectivity index (χ3v) is 8.23. The maximum absolute atomic E-state index is 13.4. The number of nitrogens with one attached hydrogen (secondary N) is 1. The Labute approximate surface area is 208 Å². The smallest absolute Gasteiger partial charge is 0.271 e. The van der Waals surface area contributed by atoms with Gasteiger partial charge in [-0.25, -0.2) is 16.8 Å². The Morgan fingerprint density at radius 3 is 1.89 bits per heavy atom. The van der Waals surface area contributed by atoms with Gasteiger partial charge in [-0.05, 0) is 54.6 Å². The monoisotopic (exact) mass is 537 g/mol. The highest BCUT2D eigenvalue weighted by molar-refractivity contribution is 7.93. The van der Waals surface area contributed by atoms with E-state index in [1.54, 1.807) is 0 Å². The Balaban J connectivity index is 2.13. The molecule has 0 saturated heterocycles. The van der Waals surface area contributed by atoms with Crippen molar-refractivity contribution in [3.05, 3.63) is 76.8 Å². The van der Waals surface area contributed by atoms with Crippen LogP contribution >= 0.6 is 0 Å². The molecule has 0 atom stereocenters. The Kier molecular flexibility index (Phi) is 8.02. The summed E-state index contributed by atoms with van der Waals surface area (Å²) >= 11 is 0. The first-order valence-electron chi connectivity index (χ1n) is 10.3. The summed E-state index contributed by atoms with van der Waals surface area (Å²) < 4.78 is 66.1. The Hall–Kier alpha value is -3.88. The number of aliphatic hydroxyl groups excluding tert-OH is 1. The zero-order chi connectivity index (χ0) is 26.5. The molecule has 3 aromatic rings. The molecule has 2 N–H and O–H groups in total. The number of methoxy groups -OCH3 is 2. The topological polar surface area (TPSA) is 165 Å². The van der Waals surface area contributed by atoms with Gasteiger partial charge in [0, 0.05) is 12.1 Å². The lowest BCUT2D eigenvalue weighted by Crippen LogP contribution is -2.34. The van der Waals surface area contributed by atoms with E-state index in [4.69, 9.17) is 9.47 Å². The molecule has 0 unspecified atom stereocenters. The third kappa shape index (κ3) is 5.67. The first-order chi connectivity index (χ1) is 17.0. The molecule has 192 valence electrons. The minimum atomic E-state index is -4.33. The summed E-state index contributed by atoms with van der Waals surface area (Å²) in [5.41, 5.74) is -1.06. The third-order valence-electron chi connectivity index (χ3n) is 5.02. The molecular formula is C22H23N3O9S2. The number of hydrogen-bond donors (Lipinski definition) is 2. The fraction of sp³-hybridized carbons (Fsp3) is 0.182. The highest BCUT2D eigenvalue weighted by Gasteiger charge is 2.29. The Morgan fingerprint density at radius 1 is 0.889 bits per heavy atom. The standard InChI is InChI=1S/C22H23N3O9S2/c1-33-17-4-8-19(9-5-17)35(29,30)23-21-15-16(25(27)28)3-12-22(21)24(13-14-26)36(31,32)20-10-6-18(34-2)7-11-20/h3-12,15,23,26H,13-14H2,1-2H3. The van der Waals surface area contributed by atoms with Crippen molar-refractivity contribution in [2.75, 3.05) is 36.4 Å². The van der Waals surface area contributed by atoms with Gasteiger partial charge in [0.05, 0.1) is 53.5 Å². The van der Waals surface area contributed by atoms with Crippen LogP contribution in [0.3, 0.4) is 0 Å². The molecule has 0 aliphatic rings. The van der Waals surface area contributed by atoms with E-state index in [-0.39, 0.29) is 21.2 Å². The van der Waals surface area contributed by atoms with E-state index in [1.807, 2.05) is 0 Å². The Bertz CT molecular complexity index is 1440. The zero-order valence-electron chi connectivity index (χ0n) is 19.2. The van der Waals surface area contributed by atoms with Crippen LogP contribution in [0, 0.1) is 10.1 Å². The second kappa shape index (κ2) is 10.8. The van der Waals surface area contributed by atoms with E-state index < -0.39 is 43.8 Å². The highest BCUT2D eigenvalue weighted by Crippen LogP contribution is 2.35. The summed E-state index contributed by atoms with van der Waals surface area (Å²) in [6, 6.07) is 13.8. The zero-order valence-corrected chi connectivity index (χ0v) is 20.8. The number of sulfonamides is 2. The number of hydrogen-bond acceptors (Lipinski definition) is 9. The summed E-state index contributed by atoms with van der Waals surface area (Å²) in [4.78, 5) is 10.3. The van der Waals surface area contributed by atoms with Crippen LogP contribution in [-0.4, -0.2) is 54.2 Å². The van der Waals surface area contributed by atoms with Crippen LogP contribution in [0.15, 0.2) is 76.5 Å². The minimum absolute atomic E-state index is 0.168. The molecule has 36 heavy (non-hydrogen) atoms. The largest absolute Gasteiger partial charge is 0.497 e. The molecule has 0 bridgehead atoms. The van der Waals surface area contributed by atoms with Crippen molar-refractivity contribution in [1.82, 2.24) is 0 Å². The number of nitrogens with zero attached hydrogens (tertiary/aromatic N) is 2. The van der Waals surface area contributed by atoms with Gasteiger partial charge in [0.1, 0.15) is 11.5 Å². The maximum atomic E-state index is 13.4. The summed E-state index contributed by atoms with van der Waals surface area (Å²) in [6.07, 6.45) is 0. The number of aliphatic hydroxyl groups is 1. The predicted molar refractivity (Wildman–Crippen MR) is 132 cm³/mol. The average Bonchev–Trinajstić information content (AvgIpc) is 2.87. The van der Waals surface area contributed by atoms with Crippen LogP contribution in [0.2, 0.25) is 0 Å². The number of nitro groups is 1. The number of rotatable bonds is 11. The number of anilines is 2. The van der Waals surface area contributed by atoms with Gasteiger partial charge in [0.25, 0.3) is 25.7 Å². The van der Waals surface area contributed by atoms with Crippen LogP contribution < -0.4 is 18.5 Å². The van der Waals surface area contributed by atoms with Gasteiger partial charge >= 0.3 is 0 Å². The SMILES string of the molecule is COc1ccc(S(=O)(=O)Nc2cc([N+](=O)[O-])ccc2N(CCO)S(=O)(=O)c2ccc(OC)cc2)cc1. The van der Waals surface area contributed by atoms with Crippen LogP contribution in [0.1, 0.15) is 0 Å². The van der Waals surface area contributed by atoms with Crippen molar-refractivity contribution in [2.24, 2.45) is 0 Å². The number of ether oxygens (including phenoxy) is 2. The fourth-order valence-electron chi connectivity index (χ4n) is 3.23. The van der Waals surface area contributed by atoms with E-state index in [9.17, 15) is 32.1 Å². The summed E-state index contributed by atoms with van der Waals surface area (Å²) in [5, 5.41) is 21.0. The van der Waals surface area contributed by atoms with E-state index in [0.717, 1.165) is 22.5 Å². The van der Waals surface area contributed by atoms with Crippen LogP contribution in [-0.2, 0) is 20.0 Å². The van der Waals surface area contributed by atoms with Gasteiger partial charge < -0.3 is 14.6 Å². The van der Waals surface area contributed by atoms with Crippen LogP contribution in [0.25, 0.3) is 0 Å². The lowest BCUT2D eigenvalue weighted by molar-refractivity contribution is -0.384. The molecule has 0 amide bonds. The summed E-state index contributed by atoms with van der Waals surface area (Å²) in [5.74, 6) is 0.815. The molecule has 0 radical (unpaired) electrons. The van der Waals surface area contributed by atoms with E-state index >= 15 is 0 Å². The van der Waals surface area contributed by atoms with Crippen molar-refractivity contribution in [1.29, 1.82) is 0 Å². The molecule has 14 heteroatoms. The van der Waals surface area contributed by atoms with E-state index in [2.05, 4.69) is 4.72 Å². The summed E-state index contributed by atoms with van der Waals surface area (Å²) in [6.45, 7) is -1.07. The molecule has 0 fully saturated rings. The van der Waals surface area contributed by atoms with Gasteiger partial charge in [0.2, 0.25) is 0 Å². The lowest BCUT2D eigenvalue weighted by Gasteiger charge is -2.26. The minimum Gasteiger partial charge on any atom is -0.497 e. The molecule has 0 spiro atoms. The van der Waals surface area contributed by atoms with Crippen molar-refractivity contribution >= 4 is 37.1 Å². The quantitative estimate of drug-likeness (QED) is 0.276. The molecule has 0 saturated carbocycles. The van der Waals surface area contributed by atoms with Crippen molar-refractivity contribution in [2.45, 2.75) is 9.79 Å². The highest BCUT2D eigenvalue weighted by atomic mass is 32.2. The summed E-state index contributed by atoms with van der Waals surface area (Å²) in [7, 11) is -5.80.